The average molecular weight is 458 g/mol. The lowest BCUT2D eigenvalue weighted by Gasteiger charge is -2.05. The Morgan fingerprint density at radius 2 is 1.59 bits per heavy atom. The van der Waals surface area contributed by atoms with Crippen LogP contribution in [0.1, 0.15) is 0 Å². The summed E-state index contributed by atoms with van der Waals surface area (Å²) in [6.45, 7) is 0. The van der Waals surface area contributed by atoms with Crippen molar-refractivity contribution >= 4 is 50.9 Å². The maximum Gasteiger partial charge on any atom is 0.165 e. The zero-order chi connectivity index (χ0) is 21.3. The second-order valence-electron chi connectivity index (χ2n) is 6.80. The normalized spacial score (nSPS) is 11.9. The minimum absolute atomic E-state index is 0.559. The monoisotopic (exact) mass is 457 g/mol. The summed E-state index contributed by atoms with van der Waals surface area (Å²) in [6, 6.07) is 4.00. The maximum atomic E-state index is 4.80. The number of aromatic nitrogens is 7. The van der Waals surface area contributed by atoms with E-state index in [2.05, 4.69) is 40.2 Å². The third kappa shape index (κ3) is 3.29. The Bertz CT molecular complexity index is 1560. The third-order valence-electron chi connectivity index (χ3n) is 4.94. The second kappa shape index (κ2) is 7.87. The van der Waals surface area contributed by atoms with Crippen LogP contribution in [0.25, 0.3) is 31.7 Å². The van der Waals surface area contributed by atoms with Gasteiger partial charge >= 0.3 is 0 Å². The van der Waals surface area contributed by atoms with E-state index in [0.29, 0.717) is 11.3 Å². The minimum atomic E-state index is 0.559. The quantitative estimate of drug-likeness (QED) is 0.295. The van der Waals surface area contributed by atoms with E-state index in [4.69, 9.17) is 4.99 Å². The number of H-pyrrole nitrogens is 3. The maximum absolute atomic E-state index is 4.80. The SMILES string of the molecule is c1nc(Nc2[nH]ccc2-c2cncs2)c2c[nH]cc2/c(=N/c2[nH]ccc2-c2cncs2)n1. The molecular formula is C21H15N9S2. The highest BCUT2D eigenvalue weighted by Crippen LogP contribution is 2.33. The van der Waals surface area contributed by atoms with Crippen molar-refractivity contribution in [3.05, 3.63) is 72.1 Å². The first kappa shape index (κ1) is 18.7. The van der Waals surface area contributed by atoms with Gasteiger partial charge in [-0.2, -0.15) is 0 Å². The fourth-order valence-electron chi connectivity index (χ4n) is 3.47. The Hall–Kier alpha value is -4.09. The van der Waals surface area contributed by atoms with Gasteiger partial charge in [-0.15, -0.1) is 22.7 Å². The highest BCUT2D eigenvalue weighted by atomic mass is 32.1. The summed E-state index contributed by atoms with van der Waals surface area (Å²) in [5.41, 5.74) is 6.19. The number of nitrogens with one attached hydrogen (secondary N) is 4. The molecule has 0 aromatic carbocycles. The van der Waals surface area contributed by atoms with Gasteiger partial charge in [0.1, 0.15) is 23.8 Å². The molecule has 0 saturated heterocycles. The molecule has 9 nitrogen and oxygen atoms in total. The van der Waals surface area contributed by atoms with Crippen LogP contribution in [0.5, 0.6) is 0 Å². The van der Waals surface area contributed by atoms with Gasteiger partial charge in [0, 0.05) is 59.1 Å². The molecule has 0 radical (unpaired) electrons. The molecule has 0 atom stereocenters. The lowest BCUT2D eigenvalue weighted by molar-refractivity contribution is 1.12. The van der Waals surface area contributed by atoms with Crippen molar-refractivity contribution in [2.45, 2.75) is 0 Å². The molecule has 0 aliphatic carbocycles. The topological polar surface area (TPSA) is 123 Å². The second-order valence-corrected chi connectivity index (χ2v) is 8.58. The van der Waals surface area contributed by atoms with Gasteiger partial charge in [0.05, 0.1) is 20.8 Å². The van der Waals surface area contributed by atoms with Crippen molar-refractivity contribution in [1.29, 1.82) is 0 Å². The van der Waals surface area contributed by atoms with Crippen LogP contribution in [0.2, 0.25) is 0 Å². The molecule has 6 rings (SSSR count). The molecule has 4 N–H and O–H groups in total. The Balaban J connectivity index is 1.45. The van der Waals surface area contributed by atoms with Gasteiger partial charge in [-0.05, 0) is 12.1 Å². The summed E-state index contributed by atoms with van der Waals surface area (Å²) in [5, 5.41) is 5.13. The van der Waals surface area contributed by atoms with Crippen LogP contribution in [0.4, 0.5) is 17.5 Å². The number of nitrogens with zero attached hydrogens (tertiary/aromatic N) is 5. The van der Waals surface area contributed by atoms with E-state index in [9.17, 15) is 0 Å². The van der Waals surface area contributed by atoms with E-state index in [-0.39, 0.29) is 0 Å². The fraction of sp³-hybridized carbons (Fsp3) is 0. The lowest BCUT2D eigenvalue weighted by Crippen LogP contribution is -2.03. The molecule has 0 fully saturated rings. The Morgan fingerprint density at radius 1 is 0.844 bits per heavy atom. The summed E-state index contributed by atoms with van der Waals surface area (Å²) in [7, 11) is 0. The van der Waals surface area contributed by atoms with Gasteiger partial charge in [-0.25, -0.2) is 15.0 Å². The highest BCUT2D eigenvalue weighted by Gasteiger charge is 2.12. The molecule has 32 heavy (non-hydrogen) atoms. The number of anilines is 2. The molecule has 0 bridgehead atoms. The van der Waals surface area contributed by atoms with Crippen molar-refractivity contribution in [3.63, 3.8) is 0 Å². The van der Waals surface area contributed by atoms with Crippen LogP contribution in [0, 0.1) is 0 Å². The van der Waals surface area contributed by atoms with Crippen molar-refractivity contribution < 1.29 is 0 Å². The first-order chi connectivity index (χ1) is 15.9. The van der Waals surface area contributed by atoms with Gasteiger partial charge in [0.2, 0.25) is 0 Å². The molecule has 0 unspecified atom stereocenters. The zero-order valence-electron chi connectivity index (χ0n) is 16.4. The number of aromatic amines is 3. The van der Waals surface area contributed by atoms with Gasteiger partial charge in [0.25, 0.3) is 0 Å². The third-order valence-corrected chi connectivity index (χ3v) is 6.55. The lowest BCUT2D eigenvalue weighted by atomic mass is 10.2. The zero-order valence-corrected chi connectivity index (χ0v) is 18.0. The van der Waals surface area contributed by atoms with Crippen molar-refractivity contribution in [1.82, 2.24) is 34.9 Å². The van der Waals surface area contributed by atoms with Crippen LogP contribution in [0.3, 0.4) is 0 Å². The van der Waals surface area contributed by atoms with Gasteiger partial charge in [-0.1, -0.05) is 0 Å². The standard InChI is InChI=1S/C21H15N9S2/c1-3-25-18(12(1)16-7-23-10-31-16)29-20-14-5-22-6-15(14)21(28-9-27-20)30-19-13(2-4-26-19)17-8-24-11-32-17/h1-11,22,25-26H,(H,27,28,29,30). The molecule has 156 valence electrons. The number of hydrogen-bond donors (Lipinski definition) is 4. The molecule has 0 aliphatic rings. The van der Waals surface area contributed by atoms with E-state index in [1.165, 1.54) is 6.33 Å². The van der Waals surface area contributed by atoms with Crippen LogP contribution >= 0.6 is 22.7 Å². The summed E-state index contributed by atoms with van der Waals surface area (Å²) in [6.07, 6.45) is 12.7. The number of rotatable bonds is 5. The van der Waals surface area contributed by atoms with Gasteiger partial charge in [-0.3, -0.25) is 9.97 Å². The summed E-state index contributed by atoms with van der Waals surface area (Å²) >= 11 is 3.15. The molecule has 0 spiro atoms. The molecule has 11 heteroatoms. The molecular weight excluding hydrogens is 442 g/mol. The highest BCUT2D eigenvalue weighted by molar-refractivity contribution is 7.13. The van der Waals surface area contributed by atoms with E-state index in [1.807, 2.05) is 54.8 Å². The number of thiazole rings is 2. The van der Waals surface area contributed by atoms with Crippen molar-refractivity contribution in [2.75, 3.05) is 5.32 Å². The van der Waals surface area contributed by atoms with E-state index in [0.717, 1.165) is 43.3 Å². The first-order valence-corrected chi connectivity index (χ1v) is 11.4. The number of hydrogen-bond acceptors (Lipinski definition) is 8. The molecule has 6 heterocycles. The molecule has 6 aromatic rings. The minimum Gasteiger partial charge on any atom is -0.366 e. The average Bonchev–Trinajstić information content (AvgIpc) is 3.61. The fourth-order valence-corrected chi connectivity index (χ4v) is 4.77. The molecule has 6 aromatic heterocycles. The van der Waals surface area contributed by atoms with E-state index < -0.39 is 0 Å². The van der Waals surface area contributed by atoms with Crippen molar-refractivity contribution in [2.24, 2.45) is 4.99 Å². The first-order valence-electron chi connectivity index (χ1n) is 9.63. The predicted octanol–water partition coefficient (Wildman–Crippen LogP) is 4.84. The summed E-state index contributed by atoms with van der Waals surface area (Å²) in [4.78, 5) is 33.9. The molecule has 0 aliphatic heterocycles. The van der Waals surface area contributed by atoms with Crippen LogP contribution < -0.4 is 10.8 Å². The van der Waals surface area contributed by atoms with E-state index >= 15 is 0 Å². The largest absolute Gasteiger partial charge is 0.366 e. The number of fused-ring (bicyclic) bond motifs is 1. The van der Waals surface area contributed by atoms with Gasteiger partial charge < -0.3 is 20.3 Å². The Labute approximate surface area is 189 Å². The van der Waals surface area contributed by atoms with Crippen LogP contribution in [-0.4, -0.2) is 34.9 Å². The predicted molar refractivity (Wildman–Crippen MR) is 126 cm³/mol. The summed E-state index contributed by atoms with van der Waals surface area (Å²) < 4.78 is 0. The van der Waals surface area contributed by atoms with Crippen molar-refractivity contribution in [3.8, 4) is 20.9 Å². The molecule has 0 saturated carbocycles. The van der Waals surface area contributed by atoms with Crippen LogP contribution in [0.15, 0.2) is 71.7 Å². The Kier molecular flexibility index (Phi) is 4.59. The Morgan fingerprint density at radius 3 is 2.41 bits per heavy atom. The van der Waals surface area contributed by atoms with Gasteiger partial charge in [0.15, 0.2) is 5.49 Å². The van der Waals surface area contributed by atoms with Crippen LogP contribution in [-0.2, 0) is 0 Å². The molecule has 0 amide bonds. The van der Waals surface area contributed by atoms with E-state index in [1.54, 1.807) is 28.2 Å². The smallest absolute Gasteiger partial charge is 0.165 e. The summed E-state index contributed by atoms with van der Waals surface area (Å²) in [5.74, 6) is 2.23.